The summed E-state index contributed by atoms with van der Waals surface area (Å²) in [5.41, 5.74) is 6.70. The maximum absolute atomic E-state index is 9.08. The third-order valence-electron chi connectivity index (χ3n) is 4.32. The Labute approximate surface area is 135 Å². The number of nitrogens with zero attached hydrogens (tertiary/aromatic N) is 3. The molecule has 0 fully saturated rings. The molecule has 2 aromatic carbocycles. The number of hydrogen-bond acceptors (Lipinski definition) is 3. The van der Waals surface area contributed by atoms with Gasteiger partial charge in [-0.05, 0) is 41.3 Å². The van der Waals surface area contributed by atoms with E-state index in [2.05, 4.69) is 45.2 Å². The zero-order valence-electron chi connectivity index (χ0n) is 12.7. The molecule has 1 N–H and O–H groups in total. The van der Waals surface area contributed by atoms with Crippen molar-refractivity contribution < 1.29 is 0 Å². The third-order valence-corrected chi connectivity index (χ3v) is 4.32. The van der Waals surface area contributed by atoms with E-state index >= 15 is 0 Å². The number of anilines is 1. The van der Waals surface area contributed by atoms with E-state index < -0.39 is 0 Å². The zero-order chi connectivity index (χ0) is 15.6. The maximum atomic E-state index is 9.08. The van der Waals surface area contributed by atoms with E-state index in [-0.39, 0.29) is 0 Å². The highest BCUT2D eigenvalue weighted by Gasteiger charge is 2.20. The first-order valence-corrected chi connectivity index (χ1v) is 7.69. The summed E-state index contributed by atoms with van der Waals surface area (Å²) in [6, 6.07) is 16.6. The second kappa shape index (κ2) is 5.62. The summed E-state index contributed by atoms with van der Waals surface area (Å²) in [4.78, 5) is 9.63. The lowest BCUT2D eigenvalue weighted by Gasteiger charge is -2.19. The molecule has 0 amide bonds. The summed E-state index contributed by atoms with van der Waals surface area (Å²) >= 11 is 0. The van der Waals surface area contributed by atoms with E-state index in [1.54, 1.807) is 6.33 Å². The Morgan fingerprint density at radius 1 is 1.17 bits per heavy atom. The van der Waals surface area contributed by atoms with Crippen molar-refractivity contribution in [2.45, 2.75) is 13.0 Å². The molecule has 4 rings (SSSR count). The summed E-state index contributed by atoms with van der Waals surface area (Å²) in [6.07, 6.45) is 4.66. The first kappa shape index (κ1) is 13.6. The molecule has 23 heavy (non-hydrogen) atoms. The molecule has 0 saturated heterocycles. The molecule has 0 spiro atoms. The van der Waals surface area contributed by atoms with Crippen LogP contribution in [0.25, 0.3) is 11.1 Å². The maximum Gasteiger partial charge on any atom is 0.0991 e. The number of fused-ring (bicyclic) bond motifs is 1. The Morgan fingerprint density at radius 3 is 2.91 bits per heavy atom. The normalized spacial score (nSPS) is 12.9. The van der Waals surface area contributed by atoms with Gasteiger partial charge in [0.2, 0.25) is 0 Å². The van der Waals surface area contributed by atoms with Crippen LogP contribution in [0.4, 0.5) is 5.69 Å². The van der Waals surface area contributed by atoms with Crippen molar-refractivity contribution in [3.05, 3.63) is 71.8 Å². The van der Waals surface area contributed by atoms with Crippen molar-refractivity contribution in [1.29, 1.82) is 5.26 Å². The quantitative estimate of drug-likeness (QED) is 0.805. The first-order valence-electron chi connectivity index (χ1n) is 7.69. The smallest absolute Gasteiger partial charge is 0.0991 e. The van der Waals surface area contributed by atoms with Gasteiger partial charge in [-0.1, -0.05) is 24.3 Å². The molecule has 1 aliphatic heterocycles. The summed E-state index contributed by atoms with van der Waals surface area (Å²) in [6.45, 7) is 1.87. The average molecular weight is 300 g/mol. The fourth-order valence-electron chi connectivity index (χ4n) is 3.13. The van der Waals surface area contributed by atoms with Gasteiger partial charge in [-0.2, -0.15) is 5.26 Å². The topological polar surface area (TPSA) is 55.7 Å². The fourth-order valence-corrected chi connectivity index (χ4v) is 3.13. The van der Waals surface area contributed by atoms with E-state index in [9.17, 15) is 0 Å². The number of aromatic nitrogens is 2. The minimum absolute atomic E-state index is 0.692. The lowest BCUT2D eigenvalue weighted by Crippen LogP contribution is -2.19. The Kier molecular flexibility index (Phi) is 3.32. The van der Waals surface area contributed by atoms with Crippen LogP contribution in [0, 0.1) is 11.3 Å². The van der Waals surface area contributed by atoms with Gasteiger partial charge in [0.15, 0.2) is 0 Å². The standard InChI is InChI=1S/C19H16N4/c20-10-14-2-1-3-16(8-14)17-5-4-15-6-7-23(19(15)9-17)12-18-11-21-13-22-18/h1-5,8-9,11,13H,6-7,12H2,(H,21,22). The highest BCUT2D eigenvalue weighted by molar-refractivity contribution is 5.73. The van der Waals surface area contributed by atoms with Gasteiger partial charge >= 0.3 is 0 Å². The molecule has 0 bridgehead atoms. The van der Waals surface area contributed by atoms with Crippen LogP contribution in [0.5, 0.6) is 0 Å². The second-order valence-electron chi connectivity index (χ2n) is 5.78. The van der Waals surface area contributed by atoms with Crippen LogP contribution in [0.1, 0.15) is 16.8 Å². The number of nitriles is 1. The molecule has 1 aliphatic rings. The molecule has 112 valence electrons. The summed E-state index contributed by atoms with van der Waals surface area (Å²) < 4.78 is 0. The van der Waals surface area contributed by atoms with Crippen LogP contribution in [-0.2, 0) is 13.0 Å². The van der Waals surface area contributed by atoms with E-state index in [4.69, 9.17) is 5.26 Å². The van der Waals surface area contributed by atoms with Gasteiger partial charge in [-0.3, -0.25) is 0 Å². The van der Waals surface area contributed by atoms with Crippen LogP contribution < -0.4 is 4.90 Å². The minimum atomic E-state index is 0.692. The van der Waals surface area contributed by atoms with Crippen molar-refractivity contribution in [2.24, 2.45) is 0 Å². The van der Waals surface area contributed by atoms with Crippen molar-refractivity contribution in [3.63, 3.8) is 0 Å². The molecule has 4 nitrogen and oxygen atoms in total. The molecule has 0 unspecified atom stereocenters. The number of imidazole rings is 1. The van der Waals surface area contributed by atoms with Crippen molar-refractivity contribution in [1.82, 2.24) is 9.97 Å². The van der Waals surface area contributed by atoms with Gasteiger partial charge in [0.1, 0.15) is 0 Å². The van der Waals surface area contributed by atoms with Crippen LogP contribution in [-0.4, -0.2) is 16.5 Å². The summed E-state index contributed by atoms with van der Waals surface area (Å²) in [7, 11) is 0. The monoisotopic (exact) mass is 300 g/mol. The molecule has 0 atom stereocenters. The van der Waals surface area contributed by atoms with Gasteiger partial charge in [-0.25, -0.2) is 4.98 Å². The molecule has 1 aromatic heterocycles. The molecule has 3 aromatic rings. The molecule has 2 heterocycles. The van der Waals surface area contributed by atoms with Gasteiger partial charge in [0, 0.05) is 18.4 Å². The number of hydrogen-bond donors (Lipinski definition) is 1. The molecular formula is C19H16N4. The summed E-state index contributed by atoms with van der Waals surface area (Å²) in [5.74, 6) is 0. The molecule has 0 aliphatic carbocycles. The van der Waals surface area contributed by atoms with E-state index in [1.807, 2.05) is 24.4 Å². The number of benzene rings is 2. The Hall–Kier alpha value is -3.06. The largest absolute Gasteiger partial charge is 0.365 e. The van der Waals surface area contributed by atoms with Gasteiger partial charge < -0.3 is 9.88 Å². The van der Waals surface area contributed by atoms with Crippen LogP contribution in [0.15, 0.2) is 55.0 Å². The molecule has 4 heteroatoms. The minimum Gasteiger partial charge on any atom is -0.365 e. The van der Waals surface area contributed by atoms with Crippen molar-refractivity contribution in [2.75, 3.05) is 11.4 Å². The summed E-state index contributed by atoms with van der Waals surface area (Å²) in [5, 5.41) is 9.08. The predicted molar refractivity (Wildman–Crippen MR) is 89.9 cm³/mol. The number of aromatic amines is 1. The SMILES string of the molecule is N#Cc1cccc(-c2ccc3c(c2)N(Cc2cnc[nH]2)CC3)c1. The van der Waals surface area contributed by atoms with Crippen molar-refractivity contribution >= 4 is 5.69 Å². The zero-order valence-corrected chi connectivity index (χ0v) is 12.7. The van der Waals surface area contributed by atoms with Gasteiger partial charge in [0.25, 0.3) is 0 Å². The van der Waals surface area contributed by atoms with Crippen LogP contribution in [0.3, 0.4) is 0 Å². The lowest BCUT2D eigenvalue weighted by atomic mass is 10.0. The van der Waals surface area contributed by atoms with E-state index in [0.29, 0.717) is 5.56 Å². The number of rotatable bonds is 3. The second-order valence-corrected chi connectivity index (χ2v) is 5.78. The molecular weight excluding hydrogens is 284 g/mol. The molecule has 0 radical (unpaired) electrons. The van der Waals surface area contributed by atoms with E-state index in [1.165, 1.54) is 11.3 Å². The van der Waals surface area contributed by atoms with Gasteiger partial charge in [-0.15, -0.1) is 0 Å². The average Bonchev–Trinajstić information content (AvgIpc) is 3.25. The highest BCUT2D eigenvalue weighted by Crippen LogP contribution is 2.33. The predicted octanol–water partition coefficient (Wildman–Crippen LogP) is 3.51. The number of H-pyrrole nitrogens is 1. The van der Waals surface area contributed by atoms with Crippen LogP contribution >= 0.6 is 0 Å². The van der Waals surface area contributed by atoms with Crippen LogP contribution in [0.2, 0.25) is 0 Å². The van der Waals surface area contributed by atoms with Gasteiger partial charge in [0.05, 0.1) is 30.2 Å². The van der Waals surface area contributed by atoms with Crippen molar-refractivity contribution in [3.8, 4) is 17.2 Å². The third kappa shape index (κ3) is 2.58. The van der Waals surface area contributed by atoms with E-state index in [0.717, 1.165) is 36.3 Å². The lowest BCUT2D eigenvalue weighted by molar-refractivity contribution is 0.819. The highest BCUT2D eigenvalue weighted by atomic mass is 15.2. The number of nitrogens with one attached hydrogen (secondary N) is 1. The Balaban J connectivity index is 1.68. The molecule has 0 saturated carbocycles. The fraction of sp³-hybridized carbons (Fsp3) is 0.158. The first-order chi connectivity index (χ1) is 11.3. The Bertz CT molecular complexity index is 875. The Morgan fingerprint density at radius 2 is 2.09 bits per heavy atom.